The van der Waals surface area contributed by atoms with Crippen molar-refractivity contribution in [3.05, 3.63) is 39.5 Å². The van der Waals surface area contributed by atoms with Crippen LogP contribution >= 0.6 is 15.9 Å². The minimum Gasteiger partial charge on any atom is -0.368 e. The van der Waals surface area contributed by atoms with Gasteiger partial charge in [0.1, 0.15) is 0 Å². The van der Waals surface area contributed by atoms with Crippen molar-refractivity contribution in [1.82, 2.24) is 4.98 Å². The van der Waals surface area contributed by atoms with Gasteiger partial charge in [0.2, 0.25) is 0 Å². The van der Waals surface area contributed by atoms with E-state index in [2.05, 4.69) is 67.7 Å². The van der Waals surface area contributed by atoms with Crippen LogP contribution in [0.15, 0.2) is 22.7 Å². The van der Waals surface area contributed by atoms with Gasteiger partial charge in [-0.25, -0.2) is 0 Å². The van der Waals surface area contributed by atoms with Crippen LogP contribution in [0.5, 0.6) is 0 Å². The highest BCUT2D eigenvalue weighted by molar-refractivity contribution is 9.10. The number of benzene rings is 1. The van der Waals surface area contributed by atoms with Crippen molar-refractivity contribution in [1.29, 1.82) is 0 Å². The molecule has 0 fully saturated rings. The van der Waals surface area contributed by atoms with Crippen molar-refractivity contribution in [2.24, 2.45) is 0 Å². The summed E-state index contributed by atoms with van der Waals surface area (Å²) in [4.78, 5) is 4.60. The molecular formula is C17H22BrNO. The molecule has 0 radical (unpaired) electrons. The largest absolute Gasteiger partial charge is 0.368 e. The van der Waals surface area contributed by atoms with Crippen LogP contribution in [0.25, 0.3) is 10.9 Å². The van der Waals surface area contributed by atoms with Gasteiger partial charge in [-0.05, 0) is 86.8 Å². The standard InChI is InChI=1S/C17H22BrNO/c1-10-9-14-13(8-7-11(2)19-14)16(18)15(10)12(3)20-17(4,5)6/h7-9,12H,1-6H3/t12-/m0/s1. The van der Waals surface area contributed by atoms with Gasteiger partial charge in [0.15, 0.2) is 0 Å². The molecule has 0 amide bonds. The van der Waals surface area contributed by atoms with Gasteiger partial charge < -0.3 is 4.74 Å². The molecule has 0 aliphatic rings. The predicted octanol–water partition coefficient (Wildman–Crippen LogP) is 5.49. The van der Waals surface area contributed by atoms with Gasteiger partial charge in [-0.2, -0.15) is 0 Å². The number of halogens is 1. The van der Waals surface area contributed by atoms with Crippen LogP contribution in [-0.2, 0) is 4.74 Å². The minimum absolute atomic E-state index is 0.0371. The molecule has 108 valence electrons. The maximum absolute atomic E-state index is 6.11. The SMILES string of the molecule is Cc1ccc2c(Br)c([C@H](C)OC(C)(C)C)c(C)cc2n1. The zero-order valence-corrected chi connectivity index (χ0v) is 14.6. The van der Waals surface area contributed by atoms with Gasteiger partial charge in [-0.1, -0.05) is 0 Å². The van der Waals surface area contributed by atoms with Crippen molar-refractivity contribution in [2.75, 3.05) is 0 Å². The number of hydrogen-bond acceptors (Lipinski definition) is 2. The van der Waals surface area contributed by atoms with E-state index in [0.29, 0.717) is 0 Å². The van der Waals surface area contributed by atoms with E-state index in [1.807, 2.05) is 13.0 Å². The van der Waals surface area contributed by atoms with Gasteiger partial charge in [-0.15, -0.1) is 0 Å². The van der Waals surface area contributed by atoms with Gasteiger partial charge in [-0.3, -0.25) is 4.98 Å². The Balaban J connectivity index is 2.57. The van der Waals surface area contributed by atoms with Gasteiger partial charge in [0, 0.05) is 15.6 Å². The number of aryl methyl sites for hydroxylation is 2. The lowest BCUT2D eigenvalue weighted by Gasteiger charge is -2.27. The molecule has 1 heterocycles. The molecule has 0 unspecified atom stereocenters. The number of aromatic nitrogens is 1. The summed E-state index contributed by atoms with van der Waals surface area (Å²) < 4.78 is 7.20. The molecule has 0 aliphatic heterocycles. The molecule has 2 nitrogen and oxygen atoms in total. The fraction of sp³-hybridized carbons (Fsp3) is 0.471. The third kappa shape index (κ3) is 3.21. The number of rotatable bonds is 2. The first kappa shape index (κ1) is 15.5. The first-order chi connectivity index (χ1) is 9.19. The molecule has 0 saturated carbocycles. The number of hydrogen-bond donors (Lipinski definition) is 0. The van der Waals surface area contributed by atoms with E-state index >= 15 is 0 Å². The second kappa shape index (κ2) is 5.45. The Bertz CT molecular complexity index is 643. The van der Waals surface area contributed by atoms with E-state index in [9.17, 15) is 0 Å². The molecule has 1 aromatic heterocycles. The van der Waals surface area contributed by atoms with E-state index in [0.717, 1.165) is 21.1 Å². The maximum Gasteiger partial charge on any atom is 0.0817 e. The lowest BCUT2D eigenvalue weighted by atomic mass is 10.00. The van der Waals surface area contributed by atoms with Gasteiger partial charge >= 0.3 is 0 Å². The summed E-state index contributed by atoms with van der Waals surface area (Å²) in [6.07, 6.45) is 0.0371. The summed E-state index contributed by atoms with van der Waals surface area (Å²) in [5.74, 6) is 0. The smallest absolute Gasteiger partial charge is 0.0817 e. The van der Waals surface area contributed by atoms with Crippen LogP contribution in [0.4, 0.5) is 0 Å². The number of nitrogens with zero attached hydrogens (tertiary/aromatic N) is 1. The molecule has 20 heavy (non-hydrogen) atoms. The second-order valence-corrected chi connectivity index (χ2v) is 7.11. The summed E-state index contributed by atoms with van der Waals surface area (Å²) >= 11 is 3.75. The van der Waals surface area contributed by atoms with E-state index < -0.39 is 0 Å². The molecule has 1 atom stereocenters. The first-order valence-electron chi connectivity index (χ1n) is 6.93. The van der Waals surface area contributed by atoms with Crippen molar-refractivity contribution in [2.45, 2.75) is 53.2 Å². The Morgan fingerprint density at radius 3 is 2.45 bits per heavy atom. The Morgan fingerprint density at radius 1 is 1.20 bits per heavy atom. The van der Waals surface area contributed by atoms with Crippen LogP contribution < -0.4 is 0 Å². The van der Waals surface area contributed by atoms with Crippen molar-refractivity contribution in [3.63, 3.8) is 0 Å². The predicted molar refractivity (Wildman–Crippen MR) is 88.2 cm³/mol. The highest BCUT2D eigenvalue weighted by Crippen LogP contribution is 2.36. The minimum atomic E-state index is -0.161. The lowest BCUT2D eigenvalue weighted by Crippen LogP contribution is -2.22. The number of fused-ring (bicyclic) bond motifs is 1. The molecule has 2 rings (SSSR count). The Hall–Kier alpha value is -0.930. The third-order valence-corrected chi connectivity index (χ3v) is 4.11. The Labute approximate surface area is 129 Å². The van der Waals surface area contributed by atoms with Crippen molar-refractivity contribution >= 4 is 26.8 Å². The van der Waals surface area contributed by atoms with Crippen LogP contribution in [0.2, 0.25) is 0 Å². The van der Waals surface area contributed by atoms with E-state index in [1.165, 1.54) is 11.1 Å². The highest BCUT2D eigenvalue weighted by Gasteiger charge is 2.21. The second-order valence-electron chi connectivity index (χ2n) is 6.31. The van der Waals surface area contributed by atoms with Gasteiger partial charge in [0.05, 0.1) is 17.2 Å². The van der Waals surface area contributed by atoms with Crippen LogP contribution in [0.1, 0.15) is 50.6 Å². The van der Waals surface area contributed by atoms with E-state index in [-0.39, 0.29) is 11.7 Å². The molecule has 2 aromatic rings. The molecule has 1 aromatic carbocycles. The molecule has 0 spiro atoms. The molecule has 3 heteroatoms. The molecule has 0 N–H and O–H groups in total. The van der Waals surface area contributed by atoms with Crippen LogP contribution in [0, 0.1) is 13.8 Å². The zero-order chi connectivity index (χ0) is 15.1. The fourth-order valence-corrected chi connectivity index (χ4v) is 3.53. The lowest BCUT2D eigenvalue weighted by molar-refractivity contribution is -0.0534. The van der Waals surface area contributed by atoms with E-state index in [4.69, 9.17) is 4.74 Å². The monoisotopic (exact) mass is 335 g/mol. The Morgan fingerprint density at radius 2 is 1.85 bits per heavy atom. The normalized spacial score (nSPS) is 13.8. The average Bonchev–Trinajstić information content (AvgIpc) is 2.25. The highest BCUT2D eigenvalue weighted by atomic mass is 79.9. The van der Waals surface area contributed by atoms with Gasteiger partial charge in [0.25, 0.3) is 0 Å². The molecule has 0 saturated heterocycles. The van der Waals surface area contributed by atoms with Crippen molar-refractivity contribution < 1.29 is 4.74 Å². The summed E-state index contributed by atoms with van der Waals surface area (Å²) in [6.45, 7) is 12.5. The first-order valence-corrected chi connectivity index (χ1v) is 7.72. The quantitative estimate of drug-likeness (QED) is 0.723. The summed E-state index contributed by atoms with van der Waals surface area (Å²) in [6, 6.07) is 6.31. The maximum atomic E-state index is 6.11. The van der Waals surface area contributed by atoms with E-state index in [1.54, 1.807) is 0 Å². The topological polar surface area (TPSA) is 22.1 Å². The van der Waals surface area contributed by atoms with Crippen LogP contribution in [-0.4, -0.2) is 10.6 Å². The number of ether oxygens (including phenoxy) is 1. The zero-order valence-electron chi connectivity index (χ0n) is 13.0. The van der Waals surface area contributed by atoms with Crippen molar-refractivity contribution in [3.8, 4) is 0 Å². The summed E-state index contributed by atoms with van der Waals surface area (Å²) in [5, 5.41) is 1.14. The number of pyridine rings is 1. The summed E-state index contributed by atoms with van der Waals surface area (Å²) in [5.41, 5.74) is 4.32. The molecule has 0 aliphatic carbocycles. The Kier molecular flexibility index (Phi) is 4.22. The third-order valence-electron chi connectivity index (χ3n) is 3.25. The van der Waals surface area contributed by atoms with Crippen LogP contribution in [0.3, 0.4) is 0 Å². The average molecular weight is 336 g/mol. The molecule has 0 bridgehead atoms. The fourth-order valence-electron chi connectivity index (χ4n) is 2.56. The summed E-state index contributed by atoms with van der Waals surface area (Å²) in [7, 11) is 0. The molecular weight excluding hydrogens is 314 g/mol.